The van der Waals surface area contributed by atoms with Crippen molar-refractivity contribution in [1.82, 2.24) is 0 Å². The Morgan fingerprint density at radius 1 is 0.800 bits per heavy atom. The van der Waals surface area contributed by atoms with Crippen LogP contribution in [0.3, 0.4) is 0 Å². The topological polar surface area (TPSA) is 12.0 Å². The van der Waals surface area contributed by atoms with Gasteiger partial charge in [-0.2, -0.15) is 0 Å². The van der Waals surface area contributed by atoms with E-state index in [1.807, 2.05) is 0 Å². The fourth-order valence-electron chi connectivity index (χ4n) is 1.61. The molecule has 20 heavy (non-hydrogen) atoms. The molecule has 0 bridgehead atoms. The molecule has 2 rings (SSSR count). The first-order valence-electron chi connectivity index (χ1n) is 5.40. The molecule has 0 aliphatic rings. The maximum Gasteiger partial charge on any atom is 0.194 e. The largest absolute Gasteiger partial charge is 0.376 e. The third-order valence-corrected chi connectivity index (χ3v) is 2.98. The molecule has 0 radical (unpaired) electrons. The molecule has 7 heteroatoms. The van der Waals surface area contributed by atoms with E-state index in [-0.39, 0.29) is 16.6 Å². The van der Waals surface area contributed by atoms with Crippen LogP contribution in [0.25, 0.3) is 0 Å². The van der Waals surface area contributed by atoms with Gasteiger partial charge in [-0.1, -0.05) is 15.9 Å². The Morgan fingerprint density at radius 3 is 1.80 bits per heavy atom. The summed E-state index contributed by atoms with van der Waals surface area (Å²) in [7, 11) is 0. The number of nitrogens with one attached hydrogen (secondary N) is 1. The first kappa shape index (κ1) is 14.8. The second-order valence-electron chi connectivity index (χ2n) is 3.97. The lowest BCUT2D eigenvalue weighted by atomic mass is 10.2. The van der Waals surface area contributed by atoms with Gasteiger partial charge in [0.2, 0.25) is 0 Å². The summed E-state index contributed by atoms with van der Waals surface area (Å²) in [5.74, 6) is -6.04. The molecular weight excluding hydrogens is 345 g/mol. The van der Waals surface area contributed by atoms with E-state index in [4.69, 9.17) is 0 Å². The maximum absolute atomic E-state index is 13.5. The normalized spacial score (nSPS) is 10.7. The number of hydrogen-bond acceptors (Lipinski definition) is 1. The average Bonchev–Trinajstić information content (AvgIpc) is 2.34. The van der Waals surface area contributed by atoms with Crippen molar-refractivity contribution in [2.24, 2.45) is 0 Å². The molecule has 0 saturated heterocycles. The average molecular weight is 352 g/mol. The zero-order valence-electron chi connectivity index (χ0n) is 9.78. The second kappa shape index (κ2) is 5.78. The summed E-state index contributed by atoms with van der Waals surface area (Å²) in [6.07, 6.45) is 0. The highest BCUT2D eigenvalue weighted by Crippen LogP contribution is 2.24. The van der Waals surface area contributed by atoms with Crippen LogP contribution < -0.4 is 5.32 Å². The molecule has 1 nitrogen and oxygen atoms in total. The zero-order chi connectivity index (χ0) is 14.9. The summed E-state index contributed by atoms with van der Waals surface area (Å²) in [6.45, 7) is -0.260. The van der Waals surface area contributed by atoms with Crippen molar-refractivity contribution in [1.29, 1.82) is 0 Å². The summed E-state index contributed by atoms with van der Waals surface area (Å²) < 4.78 is 65.9. The van der Waals surface area contributed by atoms with Crippen molar-refractivity contribution in [2.75, 3.05) is 5.32 Å². The molecule has 0 heterocycles. The molecule has 2 aromatic carbocycles. The molecule has 0 aromatic heterocycles. The van der Waals surface area contributed by atoms with E-state index in [0.717, 1.165) is 24.3 Å². The Hall–Kier alpha value is -1.63. The summed E-state index contributed by atoms with van der Waals surface area (Å²) >= 11 is 2.92. The molecule has 0 saturated carbocycles. The molecule has 0 fully saturated rings. The van der Waals surface area contributed by atoms with Gasteiger partial charge in [-0.15, -0.1) is 0 Å². The van der Waals surface area contributed by atoms with Crippen LogP contribution in [0.5, 0.6) is 0 Å². The van der Waals surface area contributed by atoms with E-state index in [9.17, 15) is 22.0 Å². The molecule has 2 aromatic rings. The zero-order valence-corrected chi connectivity index (χ0v) is 11.4. The van der Waals surface area contributed by atoms with Crippen LogP contribution in [-0.2, 0) is 6.54 Å². The Balaban J connectivity index is 2.21. The standard InChI is InChI=1S/C13H7BrF5N/c14-7-3-10(17)13(11(18)4-7)20-5-6-1-8(15)12(19)9(16)2-6/h1-4,20H,5H2. The van der Waals surface area contributed by atoms with Crippen molar-refractivity contribution in [3.05, 3.63) is 63.4 Å². The molecule has 0 amide bonds. The monoisotopic (exact) mass is 351 g/mol. The molecular formula is C13H7BrF5N. The van der Waals surface area contributed by atoms with Gasteiger partial charge in [-0.3, -0.25) is 0 Å². The van der Waals surface area contributed by atoms with Crippen molar-refractivity contribution in [3.8, 4) is 0 Å². The Kier molecular flexibility index (Phi) is 4.27. The van der Waals surface area contributed by atoms with Gasteiger partial charge >= 0.3 is 0 Å². The minimum atomic E-state index is -1.59. The summed E-state index contributed by atoms with van der Waals surface area (Å²) in [4.78, 5) is 0. The highest BCUT2D eigenvalue weighted by molar-refractivity contribution is 9.10. The minimum Gasteiger partial charge on any atom is -0.376 e. The molecule has 0 unspecified atom stereocenters. The highest BCUT2D eigenvalue weighted by atomic mass is 79.9. The molecule has 0 aliphatic heterocycles. The van der Waals surface area contributed by atoms with Gasteiger partial charge in [-0.25, -0.2) is 22.0 Å². The van der Waals surface area contributed by atoms with E-state index in [2.05, 4.69) is 21.2 Å². The van der Waals surface area contributed by atoms with Gasteiger partial charge in [0.1, 0.15) is 17.3 Å². The van der Waals surface area contributed by atoms with Gasteiger partial charge < -0.3 is 5.32 Å². The third-order valence-electron chi connectivity index (χ3n) is 2.52. The predicted octanol–water partition coefficient (Wildman–Crippen LogP) is 4.76. The number of benzene rings is 2. The minimum absolute atomic E-state index is 0.0168. The fraction of sp³-hybridized carbons (Fsp3) is 0.0769. The first-order valence-corrected chi connectivity index (χ1v) is 6.19. The van der Waals surface area contributed by atoms with Crippen molar-refractivity contribution < 1.29 is 22.0 Å². The Morgan fingerprint density at radius 2 is 1.30 bits per heavy atom. The lowest BCUT2D eigenvalue weighted by molar-refractivity contribution is 0.445. The Bertz CT molecular complexity index is 613. The summed E-state index contributed by atoms with van der Waals surface area (Å²) in [5.41, 5.74) is -0.415. The second-order valence-corrected chi connectivity index (χ2v) is 4.89. The van der Waals surface area contributed by atoms with Gasteiger partial charge in [0.15, 0.2) is 17.5 Å². The van der Waals surface area contributed by atoms with Gasteiger partial charge in [0.25, 0.3) is 0 Å². The fourth-order valence-corrected chi connectivity index (χ4v) is 2.01. The van der Waals surface area contributed by atoms with E-state index >= 15 is 0 Å². The van der Waals surface area contributed by atoms with Crippen LogP contribution in [0.1, 0.15) is 5.56 Å². The number of hydrogen-bond donors (Lipinski definition) is 1. The first-order chi connectivity index (χ1) is 9.38. The molecule has 0 aliphatic carbocycles. The van der Waals surface area contributed by atoms with E-state index in [1.54, 1.807) is 0 Å². The third kappa shape index (κ3) is 3.09. The molecule has 1 N–H and O–H groups in total. The smallest absolute Gasteiger partial charge is 0.194 e. The van der Waals surface area contributed by atoms with Crippen LogP contribution in [0.15, 0.2) is 28.7 Å². The predicted molar refractivity (Wildman–Crippen MR) is 67.7 cm³/mol. The number of anilines is 1. The van der Waals surface area contributed by atoms with Crippen molar-refractivity contribution in [3.63, 3.8) is 0 Å². The maximum atomic E-state index is 13.5. The van der Waals surface area contributed by atoms with E-state index in [0.29, 0.717) is 0 Å². The van der Waals surface area contributed by atoms with Crippen LogP contribution in [0.2, 0.25) is 0 Å². The summed E-state index contributed by atoms with van der Waals surface area (Å²) in [5, 5.41) is 2.37. The van der Waals surface area contributed by atoms with Crippen LogP contribution in [0.4, 0.5) is 27.6 Å². The van der Waals surface area contributed by atoms with E-state index in [1.165, 1.54) is 0 Å². The SMILES string of the molecule is Fc1cc(CNc2c(F)cc(Br)cc2F)cc(F)c1F. The van der Waals surface area contributed by atoms with E-state index < -0.39 is 34.8 Å². The van der Waals surface area contributed by atoms with Crippen molar-refractivity contribution in [2.45, 2.75) is 6.54 Å². The number of halogens is 6. The van der Waals surface area contributed by atoms with Crippen LogP contribution in [-0.4, -0.2) is 0 Å². The Labute approximate surface area is 119 Å². The summed E-state index contributed by atoms with van der Waals surface area (Å²) in [6, 6.07) is 3.58. The highest BCUT2D eigenvalue weighted by Gasteiger charge is 2.13. The lowest BCUT2D eigenvalue weighted by Gasteiger charge is -2.10. The van der Waals surface area contributed by atoms with Gasteiger partial charge in [-0.05, 0) is 29.8 Å². The quantitative estimate of drug-likeness (QED) is 0.621. The molecule has 0 atom stereocenters. The number of rotatable bonds is 3. The van der Waals surface area contributed by atoms with Gasteiger partial charge in [0.05, 0.1) is 0 Å². The lowest BCUT2D eigenvalue weighted by Crippen LogP contribution is -2.05. The van der Waals surface area contributed by atoms with Gasteiger partial charge in [0, 0.05) is 11.0 Å². The molecule has 106 valence electrons. The molecule has 0 spiro atoms. The van der Waals surface area contributed by atoms with Crippen LogP contribution in [0, 0.1) is 29.1 Å². The van der Waals surface area contributed by atoms with Crippen molar-refractivity contribution >= 4 is 21.6 Å². The van der Waals surface area contributed by atoms with Crippen LogP contribution >= 0.6 is 15.9 Å².